The highest BCUT2D eigenvalue weighted by molar-refractivity contribution is 6.30. The van der Waals surface area contributed by atoms with Crippen molar-refractivity contribution in [2.45, 2.75) is 52.2 Å². The maximum atomic E-state index is 12.3. The Morgan fingerprint density at radius 3 is 2.83 bits per heavy atom. The van der Waals surface area contributed by atoms with E-state index in [-0.39, 0.29) is 12.1 Å². The molecule has 3 heterocycles. The van der Waals surface area contributed by atoms with Crippen molar-refractivity contribution in [2.75, 3.05) is 13.1 Å². The molecule has 2 aromatic heterocycles. The number of imidazole rings is 1. The van der Waals surface area contributed by atoms with Gasteiger partial charge in [0.2, 0.25) is 0 Å². The summed E-state index contributed by atoms with van der Waals surface area (Å²) in [7, 11) is 0. The number of carbonyl (C=O) groups excluding carboxylic acids is 1. The summed E-state index contributed by atoms with van der Waals surface area (Å²) >= 11 is 6.02. The number of likely N-dealkylation sites (tertiary alicyclic amines) is 1. The second-order valence-corrected chi connectivity index (χ2v) is 7.52. The minimum Gasteiger partial charge on any atom is -0.444 e. The van der Waals surface area contributed by atoms with Gasteiger partial charge in [-0.25, -0.2) is 9.78 Å². The maximum absolute atomic E-state index is 12.3. The topological polar surface area (TPSA) is 73.1 Å². The van der Waals surface area contributed by atoms with Gasteiger partial charge < -0.3 is 14.2 Å². The van der Waals surface area contributed by atoms with Gasteiger partial charge in [0, 0.05) is 18.7 Å². The Kier molecular flexibility index (Phi) is 4.38. The predicted octanol–water partition coefficient (Wildman–Crippen LogP) is 3.36. The minimum atomic E-state index is -0.495. The van der Waals surface area contributed by atoms with Gasteiger partial charge in [-0.2, -0.15) is 0 Å². The SMILES string of the molecule is Cc1c(Cl)nnc2c1ncn2[C@@H]1CCCN(C(=O)OC(C)(C)C)C1. The van der Waals surface area contributed by atoms with Gasteiger partial charge in [-0.3, -0.25) is 0 Å². The number of amides is 1. The molecule has 0 radical (unpaired) electrons. The van der Waals surface area contributed by atoms with Crippen molar-refractivity contribution in [3.8, 4) is 0 Å². The van der Waals surface area contributed by atoms with Crippen molar-refractivity contribution in [2.24, 2.45) is 0 Å². The molecule has 0 saturated carbocycles. The smallest absolute Gasteiger partial charge is 0.410 e. The van der Waals surface area contributed by atoms with E-state index in [1.807, 2.05) is 32.3 Å². The second-order valence-electron chi connectivity index (χ2n) is 7.16. The molecule has 1 saturated heterocycles. The average Bonchev–Trinajstić information content (AvgIpc) is 2.94. The van der Waals surface area contributed by atoms with Crippen LogP contribution in [0.1, 0.15) is 45.2 Å². The Bertz CT molecular complexity index is 768. The van der Waals surface area contributed by atoms with Gasteiger partial charge in [0.05, 0.1) is 12.4 Å². The van der Waals surface area contributed by atoms with Crippen LogP contribution in [0.2, 0.25) is 5.15 Å². The number of hydrogen-bond acceptors (Lipinski definition) is 5. The largest absolute Gasteiger partial charge is 0.444 e. The first-order valence-corrected chi connectivity index (χ1v) is 8.47. The molecule has 0 spiro atoms. The summed E-state index contributed by atoms with van der Waals surface area (Å²) in [5.41, 5.74) is 1.78. The lowest BCUT2D eigenvalue weighted by atomic mass is 10.1. The molecule has 1 amide bonds. The standard InChI is InChI=1S/C16H22ClN5O2/c1-10-12-14(20-19-13(10)17)22(9-18-12)11-6-5-7-21(8-11)15(23)24-16(2,3)4/h9,11H,5-8H2,1-4H3/t11-/m1/s1. The maximum Gasteiger partial charge on any atom is 0.410 e. The Hall–Kier alpha value is -1.89. The van der Waals surface area contributed by atoms with E-state index >= 15 is 0 Å². The first-order valence-electron chi connectivity index (χ1n) is 8.09. The summed E-state index contributed by atoms with van der Waals surface area (Å²) in [4.78, 5) is 18.5. The number of fused-ring (bicyclic) bond motifs is 1. The Balaban J connectivity index is 1.83. The lowest BCUT2D eigenvalue weighted by Crippen LogP contribution is -2.43. The first-order chi connectivity index (χ1) is 11.3. The van der Waals surface area contributed by atoms with Crippen LogP contribution in [-0.2, 0) is 4.74 Å². The molecule has 2 aromatic rings. The molecule has 1 atom stereocenters. The molecule has 0 bridgehead atoms. The molecule has 24 heavy (non-hydrogen) atoms. The number of piperidine rings is 1. The van der Waals surface area contributed by atoms with Gasteiger partial charge in [-0.15, -0.1) is 10.2 Å². The van der Waals surface area contributed by atoms with Crippen molar-refractivity contribution in [3.05, 3.63) is 17.0 Å². The van der Waals surface area contributed by atoms with Crippen LogP contribution in [0, 0.1) is 6.92 Å². The summed E-state index contributed by atoms with van der Waals surface area (Å²) in [6.45, 7) is 8.77. The van der Waals surface area contributed by atoms with Crippen molar-refractivity contribution in [3.63, 3.8) is 0 Å². The fourth-order valence-electron chi connectivity index (χ4n) is 2.92. The highest BCUT2D eigenvalue weighted by atomic mass is 35.5. The van der Waals surface area contributed by atoms with Gasteiger partial charge in [-0.05, 0) is 40.5 Å². The molecular formula is C16H22ClN5O2. The third kappa shape index (κ3) is 3.31. The van der Waals surface area contributed by atoms with E-state index in [0.717, 1.165) is 23.9 Å². The van der Waals surface area contributed by atoms with E-state index in [9.17, 15) is 4.79 Å². The number of hydrogen-bond donors (Lipinski definition) is 0. The molecule has 3 rings (SSSR count). The van der Waals surface area contributed by atoms with Crippen molar-refractivity contribution in [1.82, 2.24) is 24.6 Å². The van der Waals surface area contributed by atoms with Gasteiger partial charge in [0.15, 0.2) is 10.8 Å². The van der Waals surface area contributed by atoms with E-state index in [1.54, 1.807) is 11.2 Å². The number of rotatable bonds is 1. The Morgan fingerprint density at radius 1 is 1.38 bits per heavy atom. The number of nitrogens with zero attached hydrogens (tertiary/aromatic N) is 5. The number of aromatic nitrogens is 4. The second kappa shape index (κ2) is 6.20. The molecule has 0 N–H and O–H groups in total. The molecule has 7 nitrogen and oxygen atoms in total. The first kappa shape index (κ1) is 17.0. The van der Waals surface area contributed by atoms with E-state index in [0.29, 0.717) is 23.9 Å². The fraction of sp³-hybridized carbons (Fsp3) is 0.625. The quantitative estimate of drug-likeness (QED) is 0.787. The van der Waals surface area contributed by atoms with Crippen LogP contribution in [-0.4, -0.2) is 49.4 Å². The third-order valence-electron chi connectivity index (χ3n) is 4.11. The zero-order chi connectivity index (χ0) is 17.5. The molecular weight excluding hydrogens is 330 g/mol. The van der Waals surface area contributed by atoms with Gasteiger partial charge in [-0.1, -0.05) is 11.6 Å². The van der Waals surface area contributed by atoms with Gasteiger partial charge in [0.25, 0.3) is 0 Å². The van der Waals surface area contributed by atoms with Crippen LogP contribution in [0.4, 0.5) is 4.79 Å². The number of ether oxygens (including phenoxy) is 1. The van der Waals surface area contributed by atoms with E-state index in [2.05, 4.69) is 15.2 Å². The van der Waals surface area contributed by atoms with Crippen molar-refractivity contribution in [1.29, 1.82) is 0 Å². The summed E-state index contributed by atoms with van der Waals surface area (Å²) in [5, 5.41) is 8.54. The number of halogens is 1. The van der Waals surface area contributed by atoms with Gasteiger partial charge >= 0.3 is 6.09 Å². The number of aryl methyl sites for hydroxylation is 1. The van der Waals surface area contributed by atoms with Crippen LogP contribution in [0.5, 0.6) is 0 Å². The van der Waals surface area contributed by atoms with Crippen molar-refractivity contribution >= 4 is 28.9 Å². The molecule has 0 aliphatic carbocycles. The van der Waals surface area contributed by atoms with Crippen molar-refractivity contribution < 1.29 is 9.53 Å². The summed E-state index contributed by atoms with van der Waals surface area (Å²) in [5.74, 6) is 0. The van der Waals surface area contributed by atoms with E-state index in [4.69, 9.17) is 16.3 Å². The Labute approximate surface area is 146 Å². The zero-order valence-corrected chi connectivity index (χ0v) is 15.2. The third-order valence-corrected chi connectivity index (χ3v) is 4.47. The number of carbonyl (C=O) groups is 1. The van der Waals surface area contributed by atoms with E-state index < -0.39 is 5.60 Å². The van der Waals surface area contributed by atoms with Crippen LogP contribution in [0.15, 0.2) is 6.33 Å². The normalized spacial score (nSPS) is 18.9. The molecule has 0 aromatic carbocycles. The zero-order valence-electron chi connectivity index (χ0n) is 14.4. The molecule has 1 aliphatic rings. The fourth-order valence-corrected chi connectivity index (χ4v) is 3.05. The van der Waals surface area contributed by atoms with E-state index in [1.165, 1.54) is 0 Å². The molecule has 8 heteroatoms. The molecule has 1 fully saturated rings. The Morgan fingerprint density at radius 2 is 2.12 bits per heavy atom. The minimum absolute atomic E-state index is 0.103. The van der Waals surface area contributed by atoms with Crippen LogP contribution in [0.25, 0.3) is 11.2 Å². The summed E-state index contributed by atoms with van der Waals surface area (Å²) in [6.07, 6.45) is 3.34. The predicted molar refractivity (Wildman–Crippen MR) is 91.1 cm³/mol. The highest BCUT2D eigenvalue weighted by Crippen LogP contribution is 2.27. The molecule has 0 unspecified atom stereocenters. The van der Waals surface area contributed by atoms with Gasteiger partial charge in [0.1, 0.15) is 11.1 Å². The highest BCUT2D eigenvalue weighted by Gasteiger charge is 2.29. The monoisotopic (exact) mass is 351 g/mol. The van der Waals surface area contributed by atoms with Crippen LogP contribution < -0.4 is 0 Å². The lowest BCUT2D eigenvalue weighted by molar-refractivity contribution is 0.0174. The average molecular weight is 352 g/mol. The van der Waals surface area contributed by atoms with Crippen LogP contribution in [0.3, 0.4) is 0 Å². The summed E-state index contributed by atoms with van der Waals surface area (Å²) < 4.78 is 7.47. The molecule has 1 aliphatic heterocycles. The molecule has 130 valence electrons. The van der Waals surface area contributed by atoms with Crippen LogP contribution >= 0.6 is 11.6 Å². The lowest BCUT2D eigenvalue weighted by Gasteiger charge is -2.34. The summed E-state index contributed by atoms with van der Waals surface area (Å²) in [6, 6.07) is 0.103.